The van der Waals surface area contributed by atoms with Crippen molar-refractivity contribution >= 4 is 17.2 Å². The number of aromatic nitrogens is 3. The van der Waals surface area contributed by atoms with Gasteiger partial charge >= 0.3 is 0 Å². The minimum atomic E-state index is -0.246. The highest BCUT2D eigenvalue weighted by Crippen LogP contribution is 2.29. The minimum Gasteiger partial charge on any atom is -0.488 e. The van der Waals surface area contributed by atoms with Gasteiger partial charge < -0.3 is 4.74 Å². The molecule has 2 heterocycles. The molecular weight excluding hydrogens is 322 g/mol. The summed E-state index contributed by atoms with van der Waals surface area (Å²) in [4.78, 5) is 4.79. The molecular formula is C19H22ClN3O. The van der Waals surface area contributed by atoms with Gasteiger partial charge in [0.15, 0.2) is 5.65 Å². The Hall–Kier alpha value is -2.07. The number of ether oxygens (including phenoxy) is 1. The van der Waals surface area contributed by atoms with Gasteiger partial charge in [0.05, 0.1) is 11.9 Å². The van der Waals surface area contributed by atoms with Gasteiger partial charge in [-0.2, -0.15) is 5.10 Å². The first-order chi connectivity index (χ1) is 11.2. The monoisotopic (exact) mass is 343 g/mol. The average Bonchev–Trinajstić information content (AvgIpc) is 2.90. The summed E-state index contributed by atoms with van der Waals surface area (Å²) in [5.74, 6) is 1.15. The van der Waals surface area contributed by atoms with Gasteiger partial charge in [0.25, 0.3) is 0 Å². The van der Waals surface area contributed by atoms with Gasteiger partial charge in [-0.3, -0.25) is 0 Å². The zero-order valence-electron chi connectivity index (χ0n) is 14.7. The highest BCUT2D eigenvalue weighted by Gasteiger charge is 2.15. The maximum atomic E-state index is 6.41. The van der Waals surface area contributed by atoms with Gasteiger partial charge in [-0.15, -0.1) is 0 Å². The van der Waals surface area contributed by atoms with Crippen molar-refractivity contribution in [1.29, 1.82) is 0 Å². The normalized spacial score (nSPS) is 12.1. The van der Waals surface area contributed by atoms with E-state index in [1.807, 2.05) is 57.3 Å². The van der Waals surface area contributed by atoms with Crippen molar-refractivity contribution in [2.75, 3.05) is 0 Å². The van der Waals surface area contributed by atoms with Crippen molar-refractivity contribution in [3.63, 3.8) is 0 Å². The number of hydrogen-bond acceptors (Lipinski definition) is 3. The largest absolute Gasteiger partial charge is 0.488 e. The summed E-state index contributed by atoms with van der Waals surface area (Å²) in [6.45, 7) is 10.3. The van der Waals surface area contributed by atoms with Crippen molar-refractivity contribution in [2.24, 2.45) is 0 Å². The standard InChI is InChI=1S/C19H22ClN3O/c1-12(2)15-11-21-23-17(20)10-16(22-18(15)23)13-7-6-8-14(9-13)24-19(3,4)5/h6-12H,1-5H3. The van der Waals surface area contributed by atoms with Crippen molar-refractivity contribution < 1.29 is 4.74 Å². The number of nitrogens with zero attached hydrogens (tertiary/aromatic N) is 3. The Labute approximate surface area is 147 Å². The maximum Gasteiger partial charge on any atom is 0.160 e. The predicted molar refractivity (Wildman–Crippen MR) is 97.9 cm³/mol. The number of fused-ring (bicyclic) bond motifs is 1. The number of benzene rings is 1. The highest BCUT2D eigenvalue weighted by molar-refractivity contribution is 6.30. The van der Waals surface area contributed by atoms with E-state index >= 15 is 0 Å². The van der Waals surface area contributed by atoms with Gasteiger partial charge in [-0.1, -0.05) is 37.6 Å². The smallest absolute Gasteiger partial charge is 0.160 e. The summed E-state index contributed by atoms with van der Waals surface area (Å²) in [5, 5.41) is 4.88. The third kappa shape index (κ3) is 3.39. The summed E-state index contributed by atoms with van der Waals surface area (Å²) in [6, 6.07) is 9.76. The van der Waals surface area contributed by atoms with Crippen LogP contribution in [-0.4, -0.2) is 20.2 Å². The Kier molecular flexibility index (Phi) is 4.26. The molecule has 3 aromatic rings. The second-order valence-corrected chi connectivity index (χ2v) is 7.58. The molecule has 0 bridgehead atoms. The molecule has 0 spiro atoms. The third-order valence-electron chi connectivity index (χ3n) is 3.63. The molecule has 0 radical (unpaired) electrons. The highest BCUT2D eigenvalue weighted by atomic mass is 35.5. The second-order valence-electron chi connectivity index (χ2n) is 7.20. The van der Waals surface area contributed by atoms with Crippen LogP contribution in [0, 0.1) is 0 Å². The molecule has 2 aromatic heterocycles. The van der Waals surface area contributed by atoms with Crippen LogP contribution < -0.4 is 4.74 Å². The summed E-state index contributed by atoms with van der Waals surface area (Å²) in [6.07, 6.45) is 1.84. The Morgan fingerprint density at radius 1 is 1.17 bits per heavy atom. The van der Waals surface area contributed by atoms with Gasteiger partial charge in [0.2, 0.25) is 0 Å². The first-order valence-corrected chi connectivity index (χ1v) is 8.46. The molecule has 0 aliphatic rings. The number of rotatable bonds is 3. The van der Waals surface area contributed by atoms with Crippen LogP contribution in [-0.2, 0) is 0 Å². The van der Waals surface area contributed by atoms with Gasteiger partial charge in [0, 0.05) is 17.2 Å². The average molecular weight is 344 g/mol. The molecule has 0 saturated carbocycles. The molecule has 3 rings (SSSR count). The van der Waals surface area contributed by atoms with Gasteiger partial charge in [-0.05, 0) is 38.8 Å². The molecule has 0 saturated heterocycles. The Morgan fingerprint density at radius 3 is 2.58 bits per heavy atom. The molecule has 4 nitrogen and oxygen atoms in total. The van der Waals surface area contributed by atoms with E-state index < -0.39 is 0 Å². The van der Waals surface area contributed by atoms with Crippen LogP contribution in [0.2, 0.25) is 5.15 Å². The van der Waals surface area contributed by atoms with Crippen LogP contribution in [0.5, 0.6) is 5.75 Å². The van der Waals surface area contributed by atoms with Gasteiger partial charge in [-0.25, -0.2) is 9.50 Å². The lowest BCUT2D eigenvalue weighted by Crippen LogP contribution is -2.22. The lowest BCUT2D eigenvalue weighted by Gasteiger charge is -2.21. The molecule has 0 amide bonds. The van der Waals surface area contributed by atoms with E-state index in [-0.39, 0.29) is 5.60 Å². The molecule has 0 aliphatic heterocycles. The molecule has 5 heteroatoms. The molecule has 0 aliphatic carbocycles. The zero-order chi connectivity index (χ0) is 17.5. The Balaban J connectivity index is 2.09. The quantitative estimate of drug-likeness (QED) is 0.602. The fourth-order valence-electron chi connectivity index (χ4n) is 2.57. The van der Waals surface area contributed by atoms with E-state index in [1.165, 1.54) is 0 Å². The fourth-order valence-corrected chi connectivity index (χ4v) is 2.80. The van der Waals surface area contributed by atoms with Crippen molar-refractivity contribution in [3.05, 3.63) is 47.2 Å². The minimum absolute atomic E-state index is 0.246. The Morgan fingerprint density at radius 2 is 1.92 bits per heavy atom. The van der Waals surface area contributed by atoms with Crippen molar-refractivity contribution in [1.82, 2.24) is 14.6 Å². The number of halogens is 1. The summed E-state index contributed by atoms with van der Waals surface area (Å²) >= 11 is 6.41. The van der Waals surface area contributed by atoms with Gasteiger partial charge in [0.1, 0.15) is 16.5 Å². The second kappa shape index (κ2) is 6.10. The van der Waals surface area contributed by atoms with Crippen LogP contribution in [0.4, 0.5) is 0 Å². The van der Waals surface area contributed by atoms with Crippen LogP contribution in [0.1, 0.15) is 46.1 Å². The van der Waals surface area contributed by atoms with E-state index in [4.69, 9.17) is 21.3 Å². The summed E-state index contributed by atoms with van der Waals surface area (Å²) < 4.78 is 7.63. The molecule has 126 valence electrons. The van der Waals surface area contributed by atoms with Crippen molar-refractivity contribution in [2.45, 2.75) is 46.1 Å². The predicted octanol–water partition coefficient (Wildman–Crippen LogP) is 5.35. The molecule has 0 atom stereocenters. The van der Waals surface area contributed by atoms with E-state index in [9.17, 15) is 0 Å². The Bertz CT molecular complexity index is 878. The lowest BCUT2D eigenvalue weighted by atomic mass is 10.1. The topological polar surface area (TPSA) is 39.4 Å². The molecule has 0 fully saturated rings. The van der Waals surface area contributed by atoms with Crippen LogP contribution in [0.15, 0.2) is 36.5 Å². The zero-order valence-corrected chi connectivity index (χ0v) is 15.4. The van der Waals surface area contributed by atoms with Crippen molar-refractivity contribution in [3.8, 4) is 17.0 Å². The molecule has 24 heavy (non-hydrogen) atoms. The maximum absolute atomic E-state index is 6.41. The molecule has 0 unspecified atom stereocenters. The first-order valence-electron chi connectivity index (χ1n) is 8.08. The molecule has 0 N–H and O–H groups in total. The lowest BCUT2D eigenvalue weighted by molar-refractivity contribution is 0.131. The number of hydrogen-bond donors (Lipinski definition) is 0. The third-order valence-corrected chi connectivity index (χ3v) is 3.90. The van der Waals surface area contributed by atoms with E-state index in [0.717, 1.165) is 28.2 Å². The summed E-state index contributed by atoms with van der Waals surface area (Å²) in [5.41, 5.74) is 3.42. The summed E-state index contributed by atoms with van der Waals surface area (Å²) in [7, 11) is 0. The van der Waals surface area contributed by atoms with E-state index in [0.29, 0.717) is 11.1 Å². The van der Waals surface area contributed by atoms with Crippen LogP contribution in [0.25, 0.3) is 16.9 Å². The van der Waals surface area contributed by atoms with Crippen LogP contribution >= 0.6 is 11.6 Å². The first kappa shape index (κ1) is 16.8. The fraction of sp³-hybridized carbons (Fsp3) is 0.368. The molecule has 1 aromatic carbocycles. The SMILES string of the molecule is CC(C)c1cnn2c(Cl)cc(-c3cccc(OC(C)(C)C)c3)nc12. The van der Waals surface area contributed by atoms with E-state index in [1.54, 1.807) is 4.52 Å². The van der Waals surface area contributed by atoms with E-state index in [2.05, 4.69) is 18.9 Å². The van der Waals surface area contributed by atoms with Crippen LogP contribution in [0.3, 0.4) is 0 Å².